The molecule has 1 aromatic heterocycles. The number of amides is 2. The first-order valence-electron chi connectivity index (χ1n) is 7.14. The van der Waals surface area contributed by atoms with E-state index in [4.69, 9.17) is 0 Å². The minimum atomic E-state index is -0.807. The molecule has 0 aromatic carbocycles. The molecule has 1 aliphatic heterocycles. The van der Waals surface area contributed by atoms with Crippen LogP contribution in [0, 0.1) is 0 Å². The Morgan fingerprint density at radius 3 is 2.76 bits per heavy atom. The molecule has 0 aliphatic carbocycles. The first-order chi connectivity index (χ1) is 9.99. The molecule has 1 N–H and O–H groups in total. The van der Waals surface area contributed by atoms with E-state index >= 15 is 0 Å². The number of hydrogen-bond donors (Lipinski definition) is 1. The predicted octanol–water partition coefficient (Wildman–Crippen LogP) is -0.492. The van der Waals surface area contributed by atoms with Crippen molar-refractivity contribution < 1.29 is 9.59 Å². The van der Waals surface area contributed by atoms with Crippen molar-refractivity contribution in [3.8, 4) is 0 Å². The van der Waals surface area contributed by atoms with Crippen molar-refractivity contribution in [2.45, 2.75) is 18.4 Å². The number of nitrogens with zero attached hydrogens (tertiary/aromatic N) is 4. The Labute approximate surface area is 124 Å². The average molecular weight is 293 g/mol. The maximum Gasteiger partial charge on any atom is 0.249 e. The van der Waals surface area contributed by atoms with Crippen molar-refractivity contribution in [1.29, 1.82) is 0 Å². The number of nitrogens with one attached hydrogen (secondary N) is 1. The smallest absolute Gasteiger partial charge is 0.249 e. The van der Waals surface area contributed by atoms with Crippen molar-refractivity contribution in [2.75, 3.05) is 40.8 Å². The van der Waals surface area contributed by atoms with Gasteiger partial charge in [0.15, 0.2) is 5.54 Å². The summed E-state index contributed by atoms with van der Waals surface area (Å²) in [4.78, 5) is 28.4. The van der Waals surface area contributed by atoms with Gasteiger partial charge in [-0.1, -0.05) is 0 Å². The van der Waals surface area contributed by atoms with Gasteiger partial charge in [0.1, 0.15) is 0 Å². The van der Waals surface area contributed by atoms with E-state index < -0.39 is 5.54 Å². The average Bonchev–Trinajstić information content (AvgIpc) is 3.00. The normalized spacial score (nSPS) is 22.4. The van der Waals surface area contributed by atoms with Gasteiger partial charge in [-0.05, 0) is 33.0 Å². The molecule has 2 amide bonds. The molecule has 2 rings (SSSR count). The van der Waals surface area contributed by atoms with Crippen LogP contribution in [0.1, 0.15) is 12.8 Å². The summed E-state index contributed by atoms with van der Waals surface area (Å²) in [7, 11) is 5.34. The van der Waals surface area contributed by atoms with Crippen LogP contribution in [0.4, 0.5) is 0 Å². The minimum absolute atomic E-state index is 0.0418. The van der Waals surface area contributed by atoms with Crippen molar-refractivity contribution >= 4 is 11.8 Å². The Morgan fingerprint density at radius 2 is 2.19 bits per heavy atom. The monoisotopic (exact) mass is 293 g/mol. The van der Waals surface area contributed by atoms with E-state index in [1.54, 1.807) is 35.1 Å². The van der Waals surface area contributed by atoms with E-state index in [2.05, 4.69) is 10.4 Å². The number of piperidine rings is 1. The van der Waals surface area contributed by atoms with E-state index in [9.17, 15) is 9.59 Å². The molecule has 116 valence electrons. The third-order valence-corrected chi connectivity index (χ3v) is 3.87. The number of aromatic nitrogens is 2. The fourth-order valence-corrected chi connectivity index (χ4v) is 2.85. The second-order valence-corrected chi connectivity index (χ2v) is 5.72. The topological polar surface area (TPSA) is 70.5 Å². The second-order valence-electron chi connectivity index (χ2n) is 5.72. The third kappa shape index (κ3) is 3.07. The van der Waals surface area contributed by atoms with Gasteiger partial charge in [-0.25, -0.2) is 0 Å². The Hall–Kier alpha value is -1.89. The summed E-state index contributed by atoms with van der Waals surface area (Å²) in [5.41, 5.74) is -0.807. The second kappa shape index (κ2) is 6.26. The summed E-state index contributed by atoms with van der Waals surface area (Å²) in [6, 6.07) is 1.80. The molecule has 0 bridgehead atoms. The van der Waals surface area contributed by atoms with Crippen LogP contribution in [0.3, 0.4) is 0 Å². The molecule has 0 spiro atoms. The summed E-state index contributed by atoms with van der Waals surface area (Å²) in [5.74, 6) is -0.0614. The maximum atomic E-state index is 12.5. The van der Waals surface area contributed by atoms with Crippen molar-refractivity contribution in [3.05, 3.63) is 18.5 Å². The summed E-state index contributed by atoms with van der Waals surface area (Å²) in [5, 5.41) is 6.96. The number of hydrogen-bond acceptors (Lipinski definition) is 4. The van der Waals surface area contributed by atoms with Gasteiger partial charge in [-0.3, -0.25) is 14.3 Å². The van der Waals surface area contributed by atoms with Crippen molar-refractivity contribution in [2.24, 2.45) is 0 Å². The molecule has 0 saturated carbocycles. The summed E-state index contributed by atoms with van der Waals surface area (Å²) in [6.45, 7) is 1.40. The van der Waals surface area contributed by atoms with Gasteiger partial charge in [0.2, 0.25) is 11.8 Å². The van der Waals surface area contributed by atoms with E-state index in [1.165, 1.54) is 0 Å². The molecule has 21 heavy (non-hydrogen) atoms. The molecular weight excluding hydrogens is 270 g/mol. The number of carbonyl (C=O) groups excluding carboxylic acids is 2. The van der Waals surface area contributed by atoms with E-state index in [0.717, 1.165) is 6.42 Å². The zero-order chi connectivity index (χ0) is 15.5. The molecule has 2 heterocycles. The summed E-state index contributed by atoms with van der Waals surface area (Å²) < 4.78 is 1.68. The molecule has 1 saturated heterocycles. The van der Waals surface area contributed by atoms with Crippen LogP contribution < -0.4 is 5.32 Å². The highest BCUT2D eigenvalue weighted by atomic mass is 16.2. The van der Waals surface area contributed by atoms with Crippen LogP contribution in [-0.4, -0.2) is 72.2 Å². The highest BCUT2D eigenvalue weighted by molar-refractivity contribution is 5.86. The van der Waals surface area contributed by atoms with Gasteiger partial charge in [0.25, 0.3) is 0 Å². The fraction of sp³-hybridized carbons (Fsp3) is 0.643. The van der Waals surface area contributed by atoms with Crippen molar-refractivity contribution in [1.82, 2.24) is 24.9 Å². The lowest BCUT2D eigenvalue weighted by atomic mass is 9.88. The molecule has 7 nitrogen and oxygen atoms in total. The standard InChI is InChI=1S/C14H23N5O2/c1-15-13(21)14(19-9-5-7-16-19)6-4-8-18(11-14)12(20)10-17(2)3/h5,7,9H,4,6,8,10-11H2,1-3H3,(H,15,21). The Balaban J connectivity index is 2.25. The molecule has 7 heteroatoms. The molecule has 0 radical (unpaired) electrons. The van der Waals surface area contributed by atoms with Crippen LogP contribution in [0.25, 0.3) is 0 Å². The van der Waals surface area contributed by atoms with Gasteiger partial charge >= 0.3 is 0 Å². The van der Waals surface area contributed by atoms with Crippen LogP contribution in [0.15, 0.2) is 18.5 Å². The Bertz CT molecular complexity index is 499. The molecule has 1 fully saturated rings. The SMILES string of the molecule is CNC(=O)C1(n2cccn2)CCCN(C(=O)CN(C)C)C1. The number of likely N-dealkylation sites (N-methyl/N-ethyl adjacent to an activating group) is 2. The fourth-order valence-electron chi connectivity index (χ4n) is 2.85. The predicted molar refractivity (Wildman–Crippen MR) is 78.6 cm³/mol. The van der Waals surface area contributed by atoms with Gasteiger partial charge in [0, 0.05) is 26.0 Å². The van der Waals surface area contributed by atoms with E-state index in [0.29, 0.717) is 26.1 Å². The highest BCUT2D eigenvalue weighted by Crippen LogP contribution is 2.28. The molecule has 1 unspecified atom stereocenters. The number of carbonyl (C=O) groups is 2. The van der Waals surface area contributed by atoms with Crippen LogP contribution in [0.2, 0.25) is 0 Å². The van der Waals surface area contributed by atoms with E-state index in [1.807, 2.05) is 19.0 Å². The first kappa shape index (κ1) is 15.5. The molecule has 1 aromatic rings. The zero-order valence-electron chi connectivity index (χ0n) is 12.9. The zero-order valence-corrected chi connectivity index (χ0v) is 12.9. The number of rotatable bonds is 4. The lowest BCUT2D eigenvalue weighted by Gasteiger charge is -2.41. The van der Waals surface area contributed by atoms with Crippen molar-refractivity contribution in [3.63, 3.8) is 0 Å². The van der Waals surface area contributed by atoms with Crippen LogP contribution in [0.5, 0.6) is 0 Å². The van der Waals surface area contributed by atoms with Gasteiger partial charge in [-0.15, -0.1) is 0 Å². The molecular formula is C14H23N5O2. The lowest BCUT2D eigenvalue weighted by molar-refractivity contribution is -0.141. The van der Waals surface area contributed by atoms with Crippen LogP contribution >= 0.6 is 0 Å². The molecule has 1 atom stereocenters. The molecule has 1 aliphatic rings. The highest BCUT2D eigenvalue weighted by Gasteiger charge is 2.45. The summed E-state index contributed by atoms with van der Waals surface area (Å²) in [6.07, 6.45) is 4.91. The summed E-state index contributed by atoms with van der Waals surface area (Å²) >= 11 is 0. The van der Waals surface area contributed by atoms with Gasteiger partial charge in [-0.2, -0.15) is 5.10 Å². The van der Waals surface area contributed by atoms with Crippen LogP contribution in [-0.2, 0) is 15.1 Å². The quantitative estimate of drug-likeness (QED) is 0.813. The maximum absolute atomic E-state index is 12.5. The van der Waals surface area contributed by atoms with Gasteiger partial charge < -0.3 is 15.1 Å². The largest absolute Gasteiger partial charge is 0.357 e. The first-order valence-corrected chi connectivity index (χ1v) is 7.14. The Kier molecular flexibility index (Phi) is 4.62. The Morgan fingerprint density at radius 1 is 1.43 bits per heavy atom. The van der Waals surface area contributed by atoms with E-state index in [-0.39, 0.29) is 11.8 Å². The minimum Gasteiger partial charge on any atom is -0.357 e. The third-order valence-electron chi connectivity index (χ3n) is 3.87. The van der Waals surface area contributed by atoms with Gasteiger partial charge in [0.05, 0.1) is 13.1 Å². The lowest BCUT2D eigenvalue weighted by Crippen LogP contribution is -2.59. The number of likely N-dealkylation sites (tertiary alicyclic amines) is 1.